The van der Waals surface area contributed by atoms with Crippen molar-refractivity contribution in [1.82, 2.24) is 15.3 Å². The highest BCUT2D eigenvalue weighted by Gasteiger charge is 2.16. The summed E-state index contributed by atoms with van der Waals surface area (Å²) in [6.07, 6.45) is 5.79. The summed E-state index contributed by atoms with van der Waals surface area (Å²) in [6.45, 7) is 2.74. The van der Waals surface area contributed by atoms with Crippen molar-refractivity contribution in [3.63, 3.8) is 0 Å². The number of hydrogen-bond donors (Lipinski definition) is 3. The summed E-state index contributed by atoms with van der Waals surface area (Å²) < 4.78 is 0. The van der Waals surface area contributed by atoms with Gasteiger partial charge in [-0.2, -0.15) is 0 Å². The van der Waals surface area contributed by atoms with Gasteiger partial charge < -0.3 is 15.7 Å². The van der Waals surface area contributed by atoms with Gasteiger partial charge in [-0.25, -0.2) is 4.98 Å². The molecule has 88 valence electrons. The van der Waals surface area contributed by atoms with Crippen molar-refractivity contribution in [2.45, 2.75) is 18.8 Å². The second kappa shape index (κ2) is 5.77. The van der Waals surface area contributed by atoms with E-state index in [0.717, 1.165) is 37.4 Å². The van der Waals surface area contributed by atoms with Crippen LogP contribution < -0.4 is 10.6 Å². The van der Waals surface area contributed by atoms with E-state index in [-0.39, 0.29) is 6.61 Å². The minimum absolute atomic E-state index is 0.110. The van der Waals surface area contributed by atoms with Gasteiger partial charge in [0.1, 0.15) is 5.82 Å². The van der Waals surface area contributed by atoms with E-state index in [1.807, 2.05) is 6.20 Å². The smallest absolute Gasteiger partial charge is 0.144 e. The molecule has 3 N–H and O–H groups in total. The molecule has 0 saturated carbocycles. The van der Waals surface area contributed by atoms with Crippen LogP contribution in [0.1, 0.15) is 24.5 Å². The predicted octanol–water partition coefficient (Wildman–Crippen LogP) is 0.348. The monoisotopic (exact) mass is 222 g/mol. The molecular weight excluding hydrogens is 204 g/mol. The number of rotatable bonds is 4. The van der Waals surface area contributed by atoms with E-state index in [1.54, 1.807) is 6.20 Å². The maximum atomic E-state index is 8.73. The zero-order valence-electron chi connectivity index (χ0n) is 9.32. The van der Waals surface area contributed by atoms with Crippen molar-refractivity contribution in [2.24, 2.45) is 0 Å². The Labute approximate surface area is 95.3 Å². The lowest BCUT2D eigenvalue weighted by Crippen LogP contribution is -2.27. The average Bonchev–Trinajstić information content (AvgIpc) is 2.38. The van der Waals surface area contributed by atoms with Gasteiger partial charge in [-0.15, -0.1) is 0 Å². The number of piperidine rings is 1. The first-order chi connectivity index (χ1) is 7.90. The first-order valence-corrected chi connectivity index (χ1v) is 5.77. The molecule has 1 aliphatic rings. The fourth-order valence-corrected chi connectivity index (χ4v) is 1.96. The lowest BCUT2D eigenvalue weighted by Gasteiger charge is -2.22. The van der Waals surface area contributed by atoms with Gasteiger partial charge in [0.15, 0.2) is 0 Å². The summed E-state index contributed by atoms with van der Waals surface area (Å²) in [7, 11) is 0. The summed E-state index contributed by atoms with van der Waals surface area (Å²) in [5.41, 5.74) is 1.06. The molecule has 2 rings (SSSR count). The summed E-state index contributed by atoms with van der Waals surface area (Å²) in [4.78, 5) is 8.71. The maximum absolute atomic E-state index is 8.73. The molecular formula is C11H18N4O. The largest absolute Gasteiger partial charge is 0.395 e. The van der Waals surface area contributed by atoms with Crippen molar-refractivity contribution in [3.05, 3.63) is 18.1 Å². The topological polar surface area (TPSA) is 70.1 Å². The van der Waals surface area contributed by atoms with E-state index >= 15 is 0 Å². The third-order valence-electron chi connectivity index (χ3n) is 2.83. The third kappa shape index (κ3) is 2.90. The molecule has 0 atom stereocenters. The minimum atomic E-state index is 0.110. The Morgan fingerprint density at radius 1 is 1.38 bits per heavy atom. The van der Waals surface area contributed by atoms with E-state index in [9.17, 15) is 0 Å². The molecule has 0 unspecified atom stereocenters. The second-order valence-electron chi connectivity index (χ2n) is 4.00. The SMILES string of the molecule is OCCNc1cncc(C2CCNCC2)n1. The highest BCUT2D eigenvalue weighted by molar-refractivity contribution is 5.32. The molecule has 0 aliphatic carbocycles. The lowest BCUT2D eigenvalue weighted by atomic mass is 9.95. The molecule has 0 spiro atoms. The van der Waals surface area contributed by atoms with E-state index in [1.165, 1.54) is 0 Å². The quantitative estimate of drug-likeness (QED) is 0.685. The van der Waals surface area contributed by atoms with E-state index < -0.39 is 0 Å². The molecule has 1 aromatic rings. The van der Waals surface area contributed by atoms with Crippen LogP contribution in [0.4, 0.5) is 5.82 Å². The Morgan fingerprint density at radius 3 is 2.94 bits per heavy atom. The van der Waals surface area contributed by atoms with Crippen LogP contribution in [-0.4, -0.2) is 41.3 Å². The van der Waals surface area contributed by atoms with Crippen LogP contribution in [0.5, 0.6) is 0 Å². The number of aliphatic hydroxyl groups excluding tert-OH is 1. The van der Waals surface area contributed by atoms with Crippen LogP contribution in [0, 0.1) is 0 Å². The molecule has 1 fully saturated rings. The van der Waals surface area contributed by atoms with Gasteiger partial charge in [-0.3, -0.25) is 4.98 Å². The average molecular weight is 222 g/mol. The van der Waals surface area contributed by atoms with E-state index in [0.29, 0.717) is 12.5 Å². The van der Waals surface area contributed by atoms with Gasteiger partial charge in [-0.1, -0.05) is 0 Å². The Kier molecular flexibility index (Phi) is 4.07. The molecule has 0 amide bonds. The van der Waals surface area contributed by atoms with Crippen LogP contribution >= 0.6 is 0 Å². The predicted molar refractivity (Wildman–Crippen MR) is 62.5 cm³/mol. The lowest BCUT2D eigenvalue weighted by molar-refractivity contribution is 0.311. The Bertz CT molecular complexity index is 326. The fourth-order valence-electron chi connectivity index (χ4n) is 1.96. The fraction of sp³-hybridized carbons (Fsp3) is 0.636. The van der Waals surface area contributed by atoms with Crippen molar-refractivity contribution in [2.75, 3.05) is 31.6 Å². The van der Waals surface area contributed by atoms with Crippen LogP contribution in [0.2, 0.25) is 0 Å². The first-order valence-electron chi connectivity index (χ1n) is 5.77. The Hall–Kier alpha value is -1.20. The minimum Gasteiger partial charge on any atom is -0.395 e. The molecule has 16 heavy (non-hydrogen) atoms. The molecule has 5 nitrogen and oxygen atoms in total. The van der Waals surface area contributed by atoms with Gasteiger partial charge in [0.05, 0.1) is 18.5 Å². The Balaban J connectivity index is 2.02. The number of aliphatic hydroxyl groups is 1. The van der Waals surface area contributed by atoms with Crippen LogP contribution in [0.3, 0.4) is 0 Å². The summed E-state index contributed by atoms with van der Waals surface area (Å²) >= 11 is 0. The van der Waals surface area contributed by atoms with Gasteiger partial charge in [0.25, 0.3) is 0 Å². The third-order valence-corrected chi connectivity index (χ3v) is 2.83. The number of nitrogens with zero attached hydrogens (tertiary/aromatic N) is 2. The number of aromatic nitrogens is 2. The normalized spacial score (nSPS) is 17.3. The Morgan fingerprint density at radius 2 is 2.19 bits per heavy atom. The standard InChI is InChI=1S/C11H18N4O/c16-6-5-14-11-8-13-7-10(15-11)9-1-3-12-4-2-9/h7-9,12,16H,1-6H2,(H,14,15). The van der Waals surface area contributed by atoms with E-state index in [4.69, 9.17) is 5.11 Å². The maximum Gasteiger partial charge on any atom is 0.144 e. The molecule has 0 bridgehead atoms. The number of hydrogen-bond acceptors (Lipinski definition) is 5. The van der Waals surface area contributed by atoms with Gasteiger partial charge >= 0.3 is 0 Å². The van der Waals surface area contributed by atoms with Gasteiger partial charge in [0, 0.05) is 18.7 Å². The summed E-state index contributed by atoms with van der Waals surface area (Å²) in [6, 6.07) is 0. The first kappa shape index (κ1) is 11.3. The van der Waals surface area contributed by atoms with Crippen molar-refractivity contribution < 1.29 is 5.11 Å². The molecule has 1 saturated heterocycles. The van der Waals surface area contributed by atoms with Crippen molar-refractivity contribution in [1.29, 1.82) is 0 Å². The zero-order chi connectivity index (χ0) is 11.2. The molecule has 1 aliphatic heterocycles. The van der Waals surface area contributed by atoms with E-state index in [2.05, 4.69) is 20.6 Å². The van der Waals surface area contributed by atoms with Crippen LogP contribution in [0.15, 0.2) is 12.4 Å². The summed E-state index contributed by atoms with van der Waals surface area (Å²) in [5.74, 6) is 1.27. The van der Waals surface area contributed by atoms with Crippen LogP contribution in [0.25, 0.3) is 0 Å². The molecule has 5 heteroatoms. The zero-order valence-corrected chi connectivity index (χ0v) is 9.32. The highest BCUT2D eigenvalue weighted by Crippen LogP contribution is 2.23. The van der Waals surface area contributed by atoms with Crippen molar-refractivity contribution >= 4 is 5.82 Å². The molecule has 0 radical (unpaired) electrons. The number of nitrogens with one attached hydrogen (secondary N) is 2. The van der Waals surface area contributed by atoms with Crippen LogP contribution in [-0.2, 0) is 0 Å². The molecule has 1 aromatic heterocycles. The summed E-state index contributed by atoms with van der Waals surface area (Å²) in [5, 5.41) is 15.1. The second-order valence-corrected chi connectivity index (χ2v) is 4.00. The highest BCUT2D eigenvalue weighted by atomic mass is 16.3. The van der Waals surface area contributed by atoms with Gasteiger partial charge in [0.2, 0.25) is 0 Å². The van der Waals surface area contributed by atoms with Crippen molar-refractivity contribution in [3.8, 4) is 0 Å². The molecule has 0 aromatic carbocycles. The molecule has 2 heterocycles. The van der Waals surface area contributed by atoms with Gasteiger partial charge in [-0.05, 0) is 25.9 Å². The number of anilines is 1.